The minimum atomic E-state index is -1.60. The summed E-state index contributed by atoms with van der Waals surface area (Å²) in [4.78, 5) is 32.8. The molecule has 108 valence electrons. The molecule has 0 aromatic heterocycles. The smallest absolute Gasteiger partial charge is 0.326 e. The lowest BCUT2D eigenvalue weighted by Crippen LogP contribution is -2.45. The molecule has 0 saturated carbocycles. The van der Waals surface area contributed by atoms with E-state index in [0.717, 1.165) is 18.2 Å². The van der Waals surface area contributed by atoms with Crippen LogP contribution < -0.4 is 16.4 Å². The summed E-state index contributed by atoms with van der Waals surface area (Å²) in [5.41, 5.74) is 4.09. The number of rotatable bonds is 5. The van der Waals surface area contributed by atoms with Crippen LogP contribution in [-0.2, 0) is 9.59 Å². The highest BCUT2D eigenvalue weighted by Crippen LogP contribution is 2.17. The fourth-order valence-corrected chi connectivity index (χ4v) is 1.33. The molecule has 0 radical (unpaired) electrons. The molecule has 1 aromatic rings. The number of benzene rings is 1. The van der Waals surface area contributed by atoms with Crippen LogP contribution in [0.3, 0.4) is 0 Å². The Kier molecular flexibility index (Phi) is 4.95. The Labute approximate surface area is 111 Å². The zero-order valence-electron chi connectivity index (χ0n) is 10.0. The van der Waals surface area contributed by atoms with Gasteiger partial charge in [-0.2, -0.15) is 0 Å². The summed E-state index contributed by atoms with van der Waals surface area (Å²) in [7, 11) is 0. The van der Waals surface area contributed by atoms with Crippen molar-refractivity contribution < 1.29 is 28.3 Å². The van der Waals surface area contributed by atoms with Crippen LogP contribution in [0, 0.1) is 11.6 Å². The standard InChI is InChI=1S/C11H11F2N3O4/c12-5-2-1-3-6(13)9(5)16-11(20)15-7(10(18)19)4-8(14)17/h1-3,7H,4H2,(H2,14,17)(H,18,19)(H2,15,16,20)/t7-/m0/s1. The molecule has 0 aliphatic carbocycles. The third kappa shape index (κ3) is 4.19. The summed E-state index contributed by atoms with van der Waals surface area (Å²) in [5, 5.41) is 12.4. The Hall–Kier alpha value is -2.71. The summed E-state index contributed by atoms with van der Waals surface area (Å²) >= 11 is 0. The Bertz CT molecular complexity index is 530. The maximum Gasteiger partial charge on any atom is 0.326 e. The van der Waals surface area contributed by atoms with Gasteiger partial charge in [0.2, 0.25) is 5.91 Å². The topological polar surface area (TPSA) is 122 Å². The number of urea groups is 1. The van der Waals surface area contributed by atoms with Gasteiger partial charge in [0.25, 0.3) is 0 Å². The molecular weight excluding hydrogens is 276 g/mol. The Morgan fingerprint density at radius 2 is 1.80 bits per heavy atom. The van der Waals surface area contributed by atoms with Crippen LogP contribution >= 0.6 is 0 Å². The number of aliphatic carboxylic acids is 1. The Morgan fingerprint density at radius 3 is 2.25 bits per heavy atom. The molecule has 0 spiro atoms. The van der Waals surface area contributed by atoms with E-state index in [9.17, 15) is 23.2 Å². The second kappa shape index (κ2) is 6.45. The van der Waals surface area contributed by atoms with Crippen LogP contribution in [0.2, 0.25) is 0 Å². The quantitative estimate of drug-likeness (QED) is 0.626. The number of amides is 3. The zero-order valence-corrected chi connectivity index (χ0v) is 10.0. The molecule has 3 amide bonds. The molecule has 7 nitrogen and oxygen atoms in total. The summed E-state index contributed by atoms with van der Waals surface area (Å²) < 4.78 is 26.5. The van der Waals surface area contributed by atoms with E-state index in [0.29, 0.717) is 0 Å². The lowest BCUT2D eigenvalue weighted by molar-refractivity contribution is -0.140. The molecule has 0 aliphatic heterocycles. The average Bonchev–Trinajstić information content (AvgIpc) is 2.32. The van der Waals surface area contributed by atoms with Gasteiger partial charge in [0.05, 0.1) is 6.42 Å². The molecule has 9 heteroatoms. The number of hydrogen-bond donors (Lipinski definition) is 4. The maximum atomic E-state index is 13.2. The van der Waals surface area contributed by atoms with E-state index in [1.165, 1.54) is 0 Å². The van der Waals surface area contributed by atoms with Gasteiger partial charge in [-0.3, -0.25) is 4.79 Å². The maximum absolute atomic E-state index is 13.2. The van der Waals surface area contributed by atoms with Gasteiger partial charge in [-0.1, -0.05) is 6.07 Å². The van der Waals surface area contributed by atoms with Gasteiger partial charge in [0.15, 0.2) is 0 Å². The first-order valence-corrected chi connectivity index (χ1v) is 5.34. The van der Waals surface area contributed by atoms with Crippen LogP contribution in [0.5, 0.6) is 0 Å². The van der Waals surface area contributed by atoms with Crippen LogP contribution in [0.25, 0.3) is 0 Å². The first-order chi connectivity index (χ1) is 9.31. The molecule has 1 aromatic carbocycles. The third-order valence-electron chi connectivity index (χ3n) is 2.21. The largest absolute Gasteiger partial charge is 0.480 e. The van der Waals surface area contributed by atoms with E-state index in [1.54, 1.807) is 0 Å². The van der Waals surface area contributed by atoms with Gasteiger partial charge in [-0.05, 0) is 12.1 Å². The van der Waals surface area contributed by atoms with E-state index < -0.39 is 47.7 Å². The number of nitrogens with two attached hydrogens (primary N) is 1. The van der Waals surface area contributed by atoms with Gasteiger partial charge in [0.1, 0.15) is 23.4 Å². The number of carboxylic acid groups (broad SMARTS) is 1. The van der Waals surface area contributed by atoms with E-state index in [1.807, 2.05) is 10.6 Å². The van der Waals surface area contributed by atoms with Crippen molar-refractivity contribution in [1.82, 2.24) is 5.32 Å². The van der Waals surface area contributed by atoms with E-state index in [4.69, 9.17) is 10.8 Å². The molecular formula is C11H11F2N3O4. The van der Waals surface area contributed by atoms with Gasteiger partial charge < -0.3 is 21.5 Å². The number of nitrogens with one attached hydrogen (secondary N) is 2. The van der Waals surface area contributed by atoms with Crippen molar-refractivity contribution in [3.05, 3.63) is 29.8 Å². The molecule has 0 fully saturated rings. The minimum absolute atomic E-state index is 0.650. The number of carbonyl (C=O) groups excluding carboxylic acids is 2. The van der Waals surface area contributed by atoms with Crippen molar-refractivity contribution in [2.45, 2.75) is 12.5 Å². The molecule has 0 aliphatic rings. The van der Waals surface area contributed by atoms with Crippen molar-refractivity contribution >= 4 is 23.6 Å². The first-order valence-electron chi connectivity index (χ1n) is 5.34. The first kappa shape index (κ1) is 15.3. The average molecular weight is 287 g/mol. The number of primary amides is 1. The van der Waals surface area contributed by atoms with Crippen LogP contribution in [0.15, 0.2) is 18.2 Å². The lowest BCUT2D eigenvalue weighted by atomic mass is 10.2. The van der Waals surface area contributed by atoms with Gasteiger partial charge >= 0.3 is 12.0 Å². The minimum Gasteiger partial charge on any atom is -0.480 e. The highest BCUT2D eigenvalue weighted by Gasteiger charge is 2.23. The van der Waals surface area contributed by atoms with Crippen LogP contribution in [-0.4, -0.2) is 29.1 Å². The summed E-state index contributed by atoms with van der Waals surface area (Å²) in [6.07, 6.45) is -0.650. The molecule has 0 bridgehead atoms. The normalized spacial score (nSPS) is 11.5. The molecule has 0 saturated heterocycles. The van der Waals surface area contributed by atoms with Crippen molar-refractivity contribution in [3.63, 3.8) is 0 Å². The zero-order chi connectivity index (χ0) is 15.3. The number of carbonyl (C=O) groups is 3. The molecule has 5 N–H and O–H groups in total. The highest BCUT2D eigenvalue weighted by molar-refractivity contribution is 5.94. The van der Waals surface area contributed by atoms with Gasteiger partial charge in [0, 0.05) is 0 Å². The van der Waals surface area contributed by atoms with E-state index in [-0.39, 0.29) is 0 Å². The van der Waals surface area contributed by atoms with Crippen molar-refractivity contribution in [1.29, 1.82) is 0 Å². The van der Waals surface area contributed by atoms with Crippen molar-refractivity contribution in [3.8, 4) is 0 Å². The Morgan fingerprint density at radius 1 is 1.25 bits per heavy atom. The Balaban J connectivity index is 2.76. The molecule has 0 heterocycles. The van der Waals surface area contributed by atoms with Crippen molar-refractivity contribution in [2.75, 3.05) is 5.32 Å². The number of carboxylic acids is 1. The van der Waals surface area contributed by atoms with E-state index >= 15 is 0 Å². The molecule has 1 rings (SSSR count). The summed E-state index contributed by atoms with van der Waals surface area (Å²) in [6, 6.07) is 0.152. The molecule has 20 heavy (non-hydrogen) atoms. The summed E-state index contributed by atoms with van der Waals surface area (Å²) in [5.74, 6) is -4.51. The lowest BCUT2D eigenvalue weighted by Gasteiger charge is -2.14. The number of anilines is 1. The van der Waals surface area contributed by atoms with Crippen molar-refractivity contribution in [2.24, 2.45) is 5.73 Å². The SMILES string of the molecule is NC(=O)C[C@H](NC(=O)Nc1c(F)cccc1F)C(=O)O. The number of halogens is 2. The summed E-state index contributed by atoms with van der Waals surface area (Å²) in [6.45, 7) is 0. The predicted molar refractivity (Wildman–Crippen MR) is 63.7 cm³/mol. The number of para-hydroxylation sites is 1. The molecule has 0 unspecified atom stereocenters. The van der Waals surface area contributed by atoms with Gasteiger partial charge in [-0.15, -0.1) is 0 Å². The van der Waals surface area contributed by atoms with Crippen LogP contribution in [0.4, 0.5) is 19.3 Å². The second-order valence-electron chi connectivity index (χ2n) is 3.76. The number of hydrogen-bond acceptors (Lipinski definition) is 3. The fourth-order valence-electron chi connectivity index (χ4n) is 1.33. The van der Waals surface area contributed by atoms with E-state index in [2.05, 4.69) is 0 Å². The van der Waals surface area contributed by atoms with Gasteiger partial charge in [-0.25, -0.2) is 18.4 Å². The third-order valence-corrected chi connectivity index (χ3v) is 2.21. The van der Waals surface area contributed by atoms with Crippen LogP contribution in [0.1, 0.15) is 6.42 Å². The second-order valence-corrected chi connectivity index (χ2v) is 3.76. The fraction of sp³-hybridized carbons (Fsp3) is 0.182. The monoisotopic (exact) mass is 287 g/mol. The highest BCUT2D eigenvalue weighted by atomic mass is 19.1. The molecule has 1 atom stereocenters. The predicted octanol–water partition coefficient (Wildman–Crippen LogP) is 0.415.